The third-order valence-corrected chi connectivity index (χ3v) is 5.06. The number of carbonyl (C=O) groups excluding carboxylic acids is 1. The van der Waals surface area contributed by atoms with Crippen molar-refractivity contribution in [1.29, 1.82) is 0 Å². The monoisotopic (exact) mass is 376 g/mol. The Labute approximate surface area is 154 Å². The first kappa shape index (κ1) is 19.8. The average molecular weight is 376 g/mol. The number of ether oxygens (including phenoxy) is 1. The van der Waals surface area contributed by atoms with E-state index in [2.05, 4.69) is 5.32 Å². The van der Waals surface area contributed by atoms with Crippen molar-refractivity contribution in [1.82, 2.24) is 0 Å². The Kier molecular flexibility index (Phi) is 6.63. The maximum Gasteiger partial charge on any atom is 0.232 e. The van der Waals surface area contributed by atoms with Crippen LogP contribution in [-0.2, 0) is 14.8 Å². The van der Waals surface area contributed by atoms with Crippen molar-refractivity contribution < 1.29 is 17.9 Å². The van der Waals surface area contributed by atoms with Crippen LogP contribution in [-0.4, -0.2) is 34.2 Å². The quantitative estimate of drug-likeness (QED) is 0.768. The first-order valence-corrected chi connectivity index (χ1v) is 10.1. The summed E-state index contributed by atoms with van der Waals surface area (Å²) in [6.07, 6.45) is 1.82. The van der Waals surface area contributed by atoms with E-state index in [9.17, 15) is 13.2 Å². The van der Waals surface area contributed by atoms with Gasteiger partial charge in [0.25, 0.3) is 0 Å². The second-order valence-corrected chi connectivity index (χ2v) is 7.96. The van der Waals surface area contributed by atoms with Crippen LogP contribution in [0.25, 0.3) is 0 Å². The second-order valence-electron chi connectivity index (χ2n) is 6.05. The molecule has 26 heavy (non-hydrogen) atoms. The minimum absolute atomic E-state index is 0.160. The summed E-state index contributed by atoms with van der Waals surface area (Å²) in [5.74, 6) is 0.553. The maximum absolute atomic E-state index is 12.1. The minimum Gasteiger partial charge on any atom is -0.497 e. The predicted octanol–water partition coefficient (Wildman–Crippen LogP) is 3.19. The topological polar surface area (TPSA) is 75.7 Å². The Hall–Kier alpha value is -2.54. The Morgan fingerprint density at radius 2 is 1.69 bits per heavy atom. The molecule has 0 atom stereocenters. The lowest BCUT2D eigenvalue weighted by molar-refractivity contribution is -0.116. The van der Waals surface area contributed by atoms with Gasteiger partial charge in [-0.25, -0.2) is 8.42 Å². The average Bonchev–Trinajstić information content (AvgIpc) is 2.59. The summed E-state index contributed by atoms with van der Waals surface area (Å²) in [5, 5.41) is 2.79. The number of hydrogen-bond donors (Lipinski definition) is 1. The van der Waals surface area contributed by atoms with Gasteiger partial charge in [0.15, 0.2) is 0 Å². The van der Waals surface area contributed by atoms with Gasteiger partial charge in [-0.1, -0.05) is 17.7 Å². The highest BCUT2D eigenvalue weighted by Crippen LogP contribution is 2.19. The highest BCUT2D eigenvalue weighted by atomic mass is 32.2. The van der Waals surface area contributed by atoms with E-state index in [-0.39, 0.29) is 18.9 Å². The number of rotatable bonds is 8. The Morgan fingerprint density at radius 3 is 2.23 bits per heavy atom. The summed E-state index contributed by atoms with van der Waals surface area (Å²) in [6, 6.07) is 14.3. The van der Waals surface area contributed by atoms with Crippen molar-refractivity contribution in [3.8, 4) is 5.75 Å². The van der Waals surface area contributed by atoms with E-state index < -0.39 is 10.0 Å². The number of benzene rings is 2. The van der Waals surface area contributed by atoms with Crippen LogP contribution >= 0.6 is 0 Å². The van der Waals surface area contributed by atoms with Crippen molar-refractivity contribution >= 4 is 27.3 Å². The smallest absolute Gasteiger partial charge is 0.232 e. The molecule has 0 heterocycles. The third kappa shape index (κ3) is 5.77. The Morgan fingerprint density at radius 1 is 1.08 bits per heavy atom. The molecule has 0 fully saturated rings. The molecular weight excluding hydrogens is 352 g/mol. The van der Waals surface area contributed by atoms with Crippen LogP contribution in [0.4, 0.5) is 11.4 Å². The SMILES string of the molecule is COc1ccc(NC(=O)CCCN(c2ccc(C)cc2)S(C)(=O)=O)cc1. The molecule has 140 valence electrons. The summed E-state index contributed by atoms with van der Waals surface area (Å²) in [4.78, 5) is 12.1. The second kappa shape index (κ2) is 8.71. The lowest BCUT2D eigenvalue weighted by Crippen LogP contribution is -2.31. The number of amides is 1. The van der Waals surface area contributed by atoms with Crippen molar-refractivity contribution in [2.45, 2.75) is 19.8 Å². The van der Waals surface area contributed by atoms with Crippen molar-refractivity contribution in [2.24, 2.45) is 0 Å². The lowest BCUT2D eigenvalue weighted by Gasteiger charge is -2.22. The lowest BCUT2D eigenvalue weighted by atomic mass is 10.2. The molecule has 0 aromatic heterocycles. The molecule has 0 spiro atoms. The zero-order valence-corrected chi connectivity index (χ0v) is 16.0. The molecule has 0 aliphatic rings. The first-order valence-electron chi connectivity index (χ1n) is 8.28. The predicted molar refractivity (Wildman–Crippen MR) is 104 cm³/mol. The number of sulfonamides is 1. The number of aryl methyl sites for hydroxylation is 1. The molecule has 7 heteroatoms. The molecule has 2 aromatic carbocycles. The van der Waals surface area contributed by atoms with Crippen LogP contribution in [0.5, 0.6) is 5.75 Å². The normalized spacial score (nSPS) is 11.0. The molecule has 2 rings (SSSR count). The van der Waals surface area contributed by atoms with E-state index >= 15 is 0 Å². The van der Waals surface area contributed by atoms with E-state index in [0.29, 0.717) is 23.5 Å². The molecular formula is C19H24N2O4S. The van der Waals surface area contributed by atoms with Gasteiger partial charge in [0, 0.05) is 18.7 Å². The molecule has 0 aliphatic carbocycles. The summed E-state index contributed by atoms with van der Waals surface area (Å²) < 4.78 is 30.5. The van der Waals surface area contributed by atoms with Gasteiger partial charge >= 0.3 is 0 Å². The van der Waals surface area contributed by atoms with Crippen LogP contribution in [0, 0.1) is 6.92 Å². The van der Waals surface area contributed by atoms with Gasteiger partial charge in [-0.2, -0.15) is 0 Å². The van der Waals surface area contributed by atoms with Crippen molar-refractivity contribution in [2.75, 3.05) is 29.5 Å². The van der Waals surface area contributed by atoms with Crippen LogP contribution in [0.15, 0.2) is 48.5 Å². The highest BCUT2D eigenvalue weighted by Gasteiger charge is 2.17. The highest BCUT2D eigenvalue weighted by molar-refractivity contribution is 7.92. The molecule has 0 aliphatic heterocycles. The van der Waals surface area contributed by atoms with E-state index in [1.807, 2.05) is 19.1 Å². The van der Waals surface area contributed by atoms with E-state index in [1.54, 1.807) is 43.5 Å². The van der Waals surface area contributed by atoms with Crippen LogP contribution in [0.2, 0.25) is 0 Å². The number of nitrogens with one attached hydrogen (secondary N) is 1. The molecule has 1 amide bonds. The van der Waals surface area contributed by atoms with Gasteiger partial charge in [0.05, 0.1) is 19.1 Å². The van der Waals surface area contributed by atoms with Crippen molar-refractivity contribution in [3.63, 3.8) is 0 Å². The largest absolute Gasteiger partial charge is 0.497 e. The summed E-state index contributed by atoms with van der Waals surface area (Å²) in [6.45, 7) is 2.19. The molecule has 0 saturated heterocycles. The van der Waals surface area contributed by atoms with Crippen LogP contribution in [0.1, 0.15) is 18.4 Å². The van der Waals surface area contributed by atoms with E-state index in [0.717, 1.165) is 5.56 Å². The molecule has 0 bridgehead atoms. The van der Waals surface area contributed by atoms with Gasteiger partial charge < -0.3 is 10.1 Å². The molecule has 0 saturated carbocycles. The number of carbonyl (C=O) groups is 1. The Bertz CT molecular complexity index is 831. The number of hydrogen-bond acceptors (Lipinski definition) is 4. The van der Waals surface area contributed by atoms with E-state index in [4.69, 9.17) is 4.74 Å². The van der Waals surface area contributed by atoms with Gasteiger partial charge in [-0.15, -0.1) is 0 Å². The summed E-state index contributed by atoms with van der Waals surface area (Å²) >= 11 is 0. The maximum atomic E-state index is 12.1. The number of methoxy groups -OCH3 is 1. The van der Waals surface area contributed by atoms with Gasteiger partial charge in [0.2, 0.25) is 15.9 Å². The molecule has 2 aromatic rings. The van der Waals surface area contributed by atoms with Crippen LogP contribution < -0.4 is 14.4 Å². The fourth-order valence-corrected chi connectivity index (χ4v) is 3.44. The molecule has 0 unspecified atom stereocenters. The van der Waals surface area contributed by atoms with E-state index in [1.165, 1.54) is 10.6 Å². The van der Waals surface area contributed by atoms with Crippen molar-refractivity contribution in [3.05, 3.63) is 54.1 Å². The first-order chi connectivity index (χ1) is 12.3. The van der Waals surface area contributed by atoms with Gasteiger partial charge in [-0.3, -0.25) is 9.10 Å². The van der Waals surface area contributed by atoms with Gasteiger partial charge in [-0.05, 0) is 49.7 Å². The summed E-state index contributed by atoms with van der Waals surface area (Å²) in [7, 11) is -1.83. The zero-order chi connectivity index (χ0) is 19.2. The third-order valence-electron chi connectivity index (χ3n) is 3.86. The number of nitrogens with zero attached hydrogens (tertiary/aromatic N) is 1. The molecule has 1 N–H and O–H groups in total. The molecule has 6 nitrogen and oxygen atoms in total. The minimum atomic E-state index is -3.41. The fourth-order valence-electron chi connectivity index (χ4n) is 2.48. The zero-order valence-electron chi connectivity index (χ0n) is 15.2. The molecule has 0 radical (unpaired) electrons. The van der Waals surface area contributed by atoms with Gasteiger partial charge in [0.1, 0.15) is 5.75 Å². The number of anilines is 2. The fraction of sp³-hybridized carbons (Fsp3) is 0.316. The van der Waals surface area contributed by atoms with Crippen LogP contribution in [0.3, 0.4) is 0 Å². The standard InChI is InChI=1S/C19H24N2O4S/c1-15-6-10-17(11-7-15)21(26(3,23)24)14-4-5-19(22)20-16-8-12-18(25-2)13-9-16/h6-13H,4-5,14H2,1-3H3,(H,20,22). The summed E-state index contributed by atoms with van der Waals surface area (Å²) in [5.41, 5.74) is 2.34. The Balaban J connectivity index is 1.92.